The van der Waals surface area contributed by atoms with Gasteiger partial charge in [-0.3, -0.25) is 24.6 Å². The summed E-state index contributed by atoms with van der Waals surface area (Å²) in [7, 11) is 0. The highest BCUT2D eigenvalue weighted by Gasteiger charge is 2.40. The molecule has 3 saturated heterocycles. The Morgan fingerprint density at radius 3 is 2.41 bits per heavy atom. The maximum Gasteiger partial charge on any atom is 0.409 e. The van der Waals surface area contributed by atoms with Crippen LogP contribution in [0.3, 0.4) is 0 Å². The van der Waals surface area contributed by atoms with Crippen molar-refractivity contribution in [1.29, 1.82) is 0 Å². The fourth-order valence-electron chi connectivity index (χ4n) is 6.06. The Labute approximate surface area is 233 Å². The summed E-state index contributed by atoms with van der Waals surface area (Å²) >= 11 is 0. The molecule has 4 amide bonds. The van der Waals surface area contributed by atoms with Gasteiger partial charge in [0.05, 0.1) is 6.61 Å². The highest BCUT2D eigenvalue weighted by atomic mass is 16.6. The van der Waals surface area contributed by atoms with Crippen LogP contribution in [0.25, 0.3) is 0 Å². The first-order valence-corrected chi connectivity index (χ1v) is 14.4. The Hall–Kier alpha value is -3.14. The lowest BCUT2D eigenvalue weighted by molar-refractivity contribution is -0.136. The predicted octanol–water partition coefficient (Wildman–Crippen LogP) is 3.10. The van der Waals surface area contributed by atoms with Gasteiger partial charge in [-0.25, -0.2) is 4.79 Å². The third-order valence-electron chi connectivity index (χ3n) is 8.35. The number of hydrogen-bond donors (Lipinski definition) is 1. The zero-order valence-electron chi connectivity index (χ0n) is 23.8. The molecule has 1 unspecified atom stereocenters. The number of piperazine rings is 1. The second-order valence-electron chi connectivity index (χ2n) is 11.0. The zero-order chi connectivity index (χ0) is 28.2. The number of nitrogens with one attached hydrogen (secondary N) is 1. The number of piperidine rings is 2. The number of fused-ring (bicyclic) bond motifs is 1. The van der Waals surface area contributed by atoms with Crippen LogP contribution in [0.5, 0.6) is 0 Å². The fourth-order valence-corrected chi connectivity index (χ4v) is 6.06. The number of rotatable bonds is 5. The van der Waals surface area contributed by atoms with Gasteiger partial charge in [0.15, 0.2) is 0 Å². The number of nitrogens with zero attached hydrogens (tertiary/aromatic N) is 4. The molecule has 4 aliphatic rings. The molecule has 10 heteroatoms. The summed E-state index contributed by atoms with van der Waals surface area (Å²) in [4.78, 5) is 57.0. The van der Waals surface area contributed by atoms with Crippen LogP contribution in [0, 0.1) is 5.41 Å². The molecule has 1 aromatic carbocycles. The van der Waals surface area contributed by atoms with Gasteiger partial charge < -0.3 is 19.4 Å². The van der Waals surface area contributed by atoms with Gasteiger partial charge in [-0.2, -0.15) is 0 Å². The molecule has 39 heavy (non-hydrogen) atoms. The van der Waals surface area contributed by atoms with Crippen LogP contribution < -0.4 is 10.2 Å². The minimum Gasteiger partial charge on any atom is -0.450 e. The van der Waals surface area contributed by atoms with E-state index in [1.807, 2.05) is 32.9 Å². The van der Waals surface area contributed by atoms with Crippen molar-refractivity contribution in [2.45, 2.75) is 66.0 Å². The Kier molecular flexibility index (Phi) is 9.15. The van der Waals surface area contributed by atoms with Crippen molar-refractivity contribution in [3.05, 3.63) is 29.3 Å². The van der Waals surface area contributed by atoms with Crippen molar-refractivity contribution >= 4 is 29.5 Å². The van der Waals surface area contributed by atoms with E-state index in [0.717, 1.165) is 56.8 Å². The van der Waals surface area contributed by atoms with Crippen LogP contribution >= 0.6 is 0 Å². The quantitative estimate of drug-likeness (QED) is 0.570. The van der Waals surface area contributed by atoms with Gasteiger partial charge in [0.25, 0.3) is 5.91 Å². The average Bonchev–Trinajstić information content (AvgIpc) is 3.26. The molecular weight excluding hydrogens is 498 g/mol. The van der Waals surface area contributed by atoms with E-state index in [0.29, 0.717) is 38.2 Å². The van der Waals surface area contributed by atoms with E-state index in [1.165, 1.54) is 0 Å². The molecule has 1 aromatic rings. The van der Waals surface area contributed by atoms with Crippen molar-refractivity contribution in [2.75, 3.05) is 57.3 Å². The van der Waals surface area contributed by atoms with Gasteiger partial charge in [-0.1, -0.05) is 20.8 Å². The summed E-state index contributed by atoms with van der Waals surface area (Å²) in [5.74, 6) is -0.788. The summed E-state index contributed by atoms with van der Waals surface area (Å²) in [5.41, 5.74) is 2.93. The van der Waals surface area contributed by atoms with Crippen molar-refractivity contribution in [3.8, 4) is 0 Å². The first-order valence-electron chi connectivity index (χ1n) is 14.4. The lowest BCUT2D eigenvalue weighted by atomic mass is 9.79. The lowest BCUT2D eigenvalue weighted by Gasteiger charge is -2.44. The van der Waals surface area contributed by atoms with E-state index in [1.54, 1.807) is 9.80 Å². The normalized spacial score (nSPS) is 23.1. The number of ether oxygens (including phenoxy) is 1. The van der Waals surface area contributed by atoms with E-state index in [9.17, 15) is 19.2 Å². The second kappa shape index (κ2) is 12.4. The number of anilines is 1. The number of hydrogen-bond acceptors (Lipinski definition) is 7. The lowest BCUT2D eigenvalue weighted by Crippen LogP contribution is -2.52. The van der Waals surface area contributed by atoms with Gasteiger partial charge in [0, 0.05) is 71.5 Å². The Morgan fingerprint density at radius 2 is 1.77 bits per heavy atom. The van der Waals surface area contributed by atoms with E-state index >= 15 is 0 Å². The molecule has 0 bridgehead atoms. The number of carbonyl (C=O) groups is 4. The maximum atomic E-state index is 13.0. The molecule has 4 heterocycles. The minimum atomic E-state index is -0.587. The van der Waals surface area contributed by atoms with Crippen molar-refractivity contribution in [3.63, 3.8) is 0 Å². The van der Waals surface area contributed by atoms with Crippen LogP contribution in [0.15, 0.2) is 18.2 Å². The second-order valence-corrected chi connectivity index (χ2v) is 11.0. The summed E-state index contributed by atoms with van der Waals surface area (Å²) in [6.45, 7) is 15.1. The number of carbonyl (C=O) groups excluding carboxylic acids is 4. The van der Waals surface area contributed by atoms with E-state index in [4.69, 9.17) is 4.74 Å². The van der Waals surface area contributed by atoms with Crippen LogP contribution in [0.1, 0.15) is 70.7 Å². The number of amides is 4. The molecule has 216 valence electrons. The molecule has 0 radical (unpaired) electrons. The molecule has 4 aliphatic heterocycles. The third kappa shape index (κ3) is 6.37. The predicted molar refractivity (Wildman–Crippen MR) is 151 cm³/mol. The monoisotopic (exact) mass is 543 g/mol. The van der Waals surface area contributed by atoms with Gasteiger partial charge in [0.1, 0.15) is 6.04 Å². The Morgan fingerprint density at radius 1 is 1.08 bits per heavy atom. The molecule has 1 N–H and O–H groups in total. The van der Waals surface area contributed by atoms with Crippen LogP contribution in [0.4, 0.5) is 10.5 Å². The Bertz CT molecular complexity index is 1080. The van der Waals surface area contributed by atoms with E-state index in [-0.39, 0.29) is 37.1 Å². The van der Waals surface area contributed by atoms with Crippen LogP contribution in [0.2, 0.25) is 0 Å². The molecule has 3 fully saturated rings. The standard InChI is InChI=1S/C27H37N5O5.C2H6.H2/c1-3-37-26(36)31-14-12-29(13-15-31)18-27(2)8-10-30(11-9-27)20-4-5-21-19(16-20)17-32(25(21)35)22-6-7-23(33)28-24(22)34;1-2;/h4-5,16,22H,3,6-15,17-18H2,1-2H3,(H,28,33,34);1-2H3;1H. The largest absolute Gasteiger partial charge is 0.450 e. The SMILES string of the molecule is CC.CCOC(=O)N1CCN(CC2(C)CCN(c3ccc4c(c3)CN(C3CCC(=O)NC3=O)C4=O)CC2)CC1.[HH]. The molecule has 0 aliphatic carbocycles. The summed E-state index contributed by atoms with van der Waals surface area (Å²) < 4.78 is 5.13. The zero-order valence-corrected chi connectivity index (χ0v) is 23.8. The van der Waals surface area contributed by atoms with Crippen molar-refractivity contribution in [2.24, 2.45) is 5.41 Å². The molecule has 5 rings (SSSR count). The number of benzene rings is 1. The molecule has 0 spiro atoms. The minimum absolute atomic E-state index is 0. The fraction of sp³-hybridized carbons (Fsp3) is 0.655. The van der Waals surface area contributed by atoms with Crippen molar-refractivity contribution in [1.82, 2.24) is 20.0 Å². The van der Waals surface area contributed by atoms with Crippen molar-refractivity contribution < 1.29 is 25.3 Å². The van der Waals surface area contributed by atoms with Gasteiger partial charge >= 0.3 is 6.09 Å². The summed E-state index contributed by atoms with van der Waals surface area (Å²) in [5, 5.41) is 2.36. The number of imide groups is 1. The topological polar surface area (TPSA) is 102 Å². The molecule has 10 nitrogen and oxygen atoms in total. The Balaban J connectivity index is 0.00000144. The van der Waals surface area contributed by atoms with E-state index < -0.39 is 6.04 Å². The van der Waals surface area contributed by atoms with Gasteiger partial charge in [-0.15, -0.1) is 0 Å². The van der Waals surface area contributed by atoms with Gasteiger partial charge in [0.2, 0.25) is 11.8 Å². The molecule has 0 saturated carbocycles. The van der Waals surface area contributed by atoms with E-state index in [2.05, 4.69) is 28.1 Å². The average molecular weight is 544 g/mol. The van der Waals surface area contributed by atoms with Crippen LogP contribution in [-0.2, 0) is 20.9 Å². The maximum absolute atomic E-state index is 13.0. The molecule has 0 aromatic heterocycles. The van der Waals surface area contributed by atoms with Crippen LogP contribution in [-0.4, -0.2) is 97.0 Å². The summed E-state index contributed by atoms with van der Waals surface area (Å²) in [6.07, 6.45) is 2.57. The molecule has 1 atom stereocenters. The third-order valence-corrected chi connectivity index (χ3v) is 8.35. The highest BCUT2D eigenvalue weighted by Crippen LogP contribution is 2.36. The first-order chi connectivity index (χ1) is 18.8. The van der Waals surface area contributed by atoms with Gasteiger partial charge in [-0.05, 0) is 55.4 Å². The summed E-state index contributed by atoms with van der Waals surface area (Å²) in [6, 6.07) is 5.41. The smallest absolute Gasteiger partial charge is 0.409 e. The molecular formula is C29H45N5O5. The first kappa shape index (κ1) is 28.9. The highest BCUT2D eigenvalue weighted by molar-refractivity contribution is 6.05.